The van der Waals surface area contributed by atoms with Crippen molar-refractivity contribution in [3.8, 4) is 0 Å². The summed E-state index contributed by atoms with van der Waals surface area (Å²) in [5.41, 5.74) is 0. The number of rotatable bonds is 54. The lowest BCUT2D eigenvalue weighted by molar-refractivity contribution is -0.167. The van der Waals surface area contributed by atoms with Crippen LogP contribution in [0.15, 0.2) is 12.2 Å². The zero-order valence-corrected chi connectivity index (χ0v) is 44.0. The zero-order valence-electron chi connectivity index (χ0n) is 44.0. The van der Waals surface area contributed by atoms with Crippen LogP contribution < -0.4 is 0 Å². The quantitative estimate of drug-likeness (QED) is 0.0262. The van der Waals surface area contributed by atoms with E-state index in [0.29, 0.717) is 19.3 Å². The summed E-state index contributed by atoms with van der Waals surface area (Å²) in [6, 6.07) is 0. The molecule has 65 heavy (non-hydrogen) atoms. The van der Waals surface area contributed by atoms with Crippen LogP contribution in [0.2, 0.25) is 0 Å². The third-order valence-electron chi connectivity index (χ3n) is 13.3. The summed E-state index contributed by atoms with van der Waals surface area (Å²) < 4.78 is 16.9. The van der Waals surface area contributed by atoms with Gasteiger partial charge in [-0.3, -0.25) is 14.4 Å². The van der Waals surface area contributed by atoms with E-state index in [4.69, 9.17) is 14.2 Å². The maximum Gasteiger partial charge on any atom is 0.306 e. The Kier molecular flexibility index (Phi) is 53.2. The molecule has 0 heterocycles. The molecule has 0 rings (SSSR count). The summed E-state index contributed by atoms with van der Waals surface area (Å²) in [5, 5.41) is 0. The van der Waals surface area contributed by atoms with Crippen molar-refractivity contribution in [2.24, 2.45) is 0 Å². The van der Waals surface area contributed by atoms with Crippen LogP contribution >= 0.6 is 0 Å². The van der Waals surface area contributed by atoms with Crippen molar-refractivity contribution in [3.63, 3.8) is 0 Å². The molecule has 0 saturated heterocycles. The van der Waals surface area contributed by atoms with Gasteiger partial charge in [-0.2, -0.15) is 0 Å². The fourth-order valence-corrected chi connectivity index (χ4v) is 8.85. The van der Waals surface area contributed by atoms with Crippen LogP contribution in [-0.2, 0) is 28.6 Å². The molecule has 0 bridgehead atoms. The van der Waals surface area contributed by atoms with Gasteiger partial charge in [-0.25, -0.2) is 0 Å². The van der Waals surface area contributed by atoms with E-state index in [1.54, 1.807) is 0 Å². The third-order valence-corrected chi connectivity index (χ3v) is 13.3. The van der Waals surface area contributed by atoms with Gasteiger partial charge in [0.15, 0.2) is 6.10 Å². The topological polar surface area (TPSA) is 78.9 Å². The van der Waals surface area contributed by atoms with Crippen molar-refractivity contribution in [3.05, 3.63) is 12.2 Å². The van der Waals surface area contributed by atoms with Crippen molar-refractivity contribution in [1.82, 2.24) is 0 Å². The van der Waals surface area contributed by atoms with E-state index in [1.807, 2.05) is 0 Å². The van der Waals surface area contributed by atoms with Gasteiger partial charge in [0.2, 0.25) is 0 Å². The molecule has 0 aromatic rings. The first-order valence-electron chi connectivity index (χ1n) is 29.2. The fraction of sp³-hybridized carbons (Fsp3) is 0.915. The van der Waals surface area contributed by atoms with Crippen LogP contribution in [0.1, 0.15) is 329 Å². The molecule has 0 amide bonds. The lowest BCUT2D eigenvalue weighted by Gasteiger charge is -2.18. The normalized spacial score (nSPS) is 12.0. The third kappa shape index (κ3) is 53.0. The van der Waals surface area contributed by atoms with Crippen molar-refractivity contribution < 1.29 is 28.6 Å². The summed E-state index contributed by atoms with van der Waals surface area (Å²) in [6.07, 6.45) is 62.0. The monoisotopic (exact) mass is 917 g/mol. The Morgan fingerprint density at radius 3 is 0.769 bits per heavy atom. The second-order valence-corrected chi connectivity index (χ2v) is 19.9. The molecular weight excluding hydrogens is 805 g/mol. The van der Waals surface area contributed by atoms with E-state index in [0.717, 1.165) is 64.2 Å². The van der Waals surface area contributed by atoms with E-state index in [-0.39, 0.29) is 31.1 Å². The average molecular weight is 918 g/mol. The van der Waals surface area contributed by atoms with E-state index < -0.39 is 6.10 Å². The Morgan fingerprint density at radius 1 is 0.292 bits per heavy atom. The van der Waals surface area contributed by atoms with Gasteiger partial charge in [0.1, 0.15) is 13.2 Å². The number of allylic oxidation sites excluding steroid dienone is 2. The summed E-state index contributed by atoms with van der Waals surface area (Å²) in [7, 11) is 0. The molecule has 0 aliphatic carbocycles. The molecule has 0 radical (unpaired) electrons. The molecule has 0 aliphatic rings. The molecule has 0 fully saturated rings. The molecular formula is C59H112O6. The van der Waals surface area contributed by atoms with Gasteiger partial charge in [-0.05, 0) is 44.9 Å². The number of esters is 3. The second-order valence-electron chi connectivity index (χ2n) is 19.9. The van der Waals surface area contributed by atoms with Gasteiger partial charge in [0.25, 0.3) is 0 Å². The van der Waals surface area contributed by atoms with E-state index in [9.17, 15) is 14.4 Å². The predicted molar refractivity (Wildman–Crippen MR) is 280 cm³/mol. The standard InChI is InChI=1S/C59H112O6/c1-4-7-10-13-16-19-22-25-28-29-32-34-37-40-43-46-49-52-58(61)64-55-56(65-59(62)53-50-47-44-41-38-35-31-27-24-21-18-15-12-9-6-3)54-63-57(60)51-48-45-42-39-36-33-30-26-23-20-17-14-11-8-5-2/h27,31,56H,4-26,28-30,32-55H2,1-3H3/b31-27-. The molecule has 0 aromatic carbocycles. The number of carbonyl (C=O) groups excluding carboxylic acids is 3. The Morgan fingerprint density at radius 2 is 0.508 bits per heavy atom. The molecule has 6 nitrogen and oxygen atoms in total. The zero-order chi connectivity index (χ0) is 47.2. The lowest BCUT2D eigenvalue weighted by atomic mass is 10.0. The molecule has 0 aromatic heterocycles. The second kappa shape index (κ2) is 54.8. The molecule has 0 saturated carbocycles. The highest BCUT2D eigenvalue weighted by Gasteiger charge is 2.19. The highest BCUT2D eigenvalue weighted by Crippen LogP contribution is 2.17. The SMILES string of the molecule is CCCCCCCC/C=C\CCCCCCCC(=O)OC(COC(=O)CCCCCCCCCCCCCCCCC)COC(=O)CCCCCCCCCCCCCCCCCCC. The smallest absolute Gasteiger partial charge is 0.306 e. The molecule has 1 unspecified atom stereocenters. The Hall–Kier alpha value is -1.85. The van der Waals surface area contributed by atoms with Crippen molar-refractivity contribution in [2.75, 3.05) is 13.2 Å². The maximum absolute atomic E-state index is 12.8. The van der Waals surface area contributed by atoms with Crippen molar-refractivity contribution >= 4 is 17.9 Å². The van der Waals surface area contributed by atoms with Crippen molar-refractivity contribution in [2.45, 2.75) is 335 Å². The minimum Gasteiger partial charge on any atom is -0.462 e. The molecule has 384 valence electrons. The minimum absolute atomic E-state index is 0.0673. The highest BCUT2D eigenvalue weighted by atomic mass is 16.6. The minimum atomic E-state index is -0.768. The summed E-state index contributed by atoms with van der Waals surface area (Å²) in [6.45, 7) is 6.69. The number of hydrogen-bond donors (Lipinski definition) is 0. The average Bonchev–Trinajstić information content (AvgIpc) is 3.30. The van der Waals surface area contributed by atoms with E-state index in [2.05, 4.69) is 32.9 Å². The number of ether oxygens (including phenoxy) is 3. The number of carbonyl (C=O) groups is 3. The van der Waals surface area contributed by atoms with Crippen LogP contribution in [0.5, 0.6) is 0 Å². The first-order chi connectivity index (χ1) is 32.0. The maximum atomic E-state index is 12.8. The van der Waals surface area contributed by atoms with E-state index >= 15 is 0 Å². The summed E-state index contributed by atoms with van der Waals surface area (Å²) in [4.78, 5) is 38.1. The number of hydrogen-bond acceptors (Lipinski definition) is 6. The Balaban J connectivity index is 4.32. The van der Waals surface area contributed by atoms with Crippen LogP contribution in [0.3, 0.4) is 0 Å². The van der Waals surface area contributed by atoms with Gasteiger partial charge in [-0.1, -0.05) is 277 Å². The van der Waals surface area contributed by atoms with Crippen LogP contribution in [0, 0.1) is 0 Å². The van der Waals surface area contributed by atoms with Crippen LogP contribution in [0.25, 0.3) is 0 Å². The Labute approximate surface area is 405 Å². The molecule has 0 aliphatic heterocycles. The first kappa shape index (κ1) is 63.1. The number of unbranched alkanes of at least 4 members (excludes halogenated alkanes) is 41. The van der Waals surface area contributed by atoms with Gasteiger partial charge in [0, 0.05) is 19.3 Å². The lowest BCUT2D eigenvalue weighted by Crippen LogP contribution is -2.30. The van der Waals surface area contributed by atoms with E-state index in [1.165, 1.54) is 225 Å². The molecule has 1 atom stereocenters. The molecule has 0 spiro atoms. The van der Waals surface area contributed by atoms with Gasteiger partial charge in [0.05, 0.1) is 0 Å². The summed E-state index contributed by atoms with van der Waals surface area (Å²) in [5.74, 6) is -0.850. The van der Waals surface area contributed by atoms with Gasteiger partial charge >= 0.3 is 17.9 Å². The van der Waals surface area contributed by atoms with Crippen LogP contribution in [-0.4, -0.2) is 37.2 Å². The first-order valence-corrected chi connectivity index (χ1v) is 29.2. The Bertz CT molecular complexity index is 1010. The van der Waals surface area contributed by atoms with Gasteiger partial charge in [-0.15, -0.1) is 0 Å². The highest BCUT2D eigenvalue weighted by molar-refractivity contribution is 5.71. The van der Waals surface area contributed by atoms with Gasteiger partial charge < -0.3 is 14.2 Å². The largest absolute Gasteiger partial charge is 0.462 e. The fourth-order valence-electron chi connectivity index (χ4n) is 8.85. The summed E-state index contributed by atoms with van der Waals surface area (Å²) >= 11 is 0. The van der Waals surface area contributed by atoms with Crippen molar-refractivity contribution in [1.29, 1.82) is 0 Å². The molecule has 0 N–H and O–H groups in total. The molecule has 6 heteroatoms. The van der Waals surface area contributed by atoms with Crippen LogP contribution in [0.4, 0.5) is 0 Å². The predicted octanol–water partition coefficient (Wildman–Crippen LogP) is 19.3.